The van der Waals surface area contributed by atoms with Crippen molar-refractivity contribution in [3.8, 4) is 0 Å². The van der Waals surface area contributed by atoms with E-state index in [-0.39, 0.29) is 11.4 Å². The third-order valence-corrected chi connectivity index (χ3v) is 4.47. The number of halogens is 3. The Hall–Kier alpha value is -0.910. The second-order valence-electron chi connectivity index (χ2n) is 3.63. The summed E-state index contributed by atoms with van der Waals surface area (Å²) in [6.07, 6.45) is 0. The molecular weight excluding hydrogens is 320 g/mol. The van der Waals surface area contributed by atoms with Crippen LogP contribution in [0.3, 0.4) is 0 Å². The van der Waals surface area contributed by atoms with Crippen molar-refractivity contribution in [1.82, 2.24) is 0 Å². The molecule has 18 heavy (non-hydrogen) atoms. The Balaban J connectivity index is 2.38. The lowest BCUT2D eigenvalue weighted by molar-refractivity contribution is 0.537. The normalized spacial score (nSPS) is 10.7. The molecule has 2 aromatic carbocycles. The minimum Gasteiger partial charge on any atom is -0.326 e. The summed E-state index contributed by atoms with van der Waals surface area (Å²) in [4.78, 5) is 0.745. The Morgan fingerprint density at radius 1 is 1.11 bits per heavy atom. The smallest absolute Gasteiger partial charge is 0.140 e. The van der Waals surface area contributed by atoms with Gasteiger partial charge in [0.1, 0.15) is 11.6 Å². The Bertz CT molecular complexity index is 552. The van der Waals surface area contributed by atoms with Crippen LogP contribution >= 0.6 is 27.7 Å². The third-order valence-electron chi connectivity index (χ3n) is 2.34. The van der Waals surface area contributed by atoms with E-state index in [1.165, 1.54) is 12.1 Å². The topological polar surface area (TPSA) is 26.0 Å². The van der Waals surface area contributed by atoms with Crippen molar-refractivity contribution in [2.24, 2.45) is 5.73 Å². The fraction of sp³-hybridized carbons (Fsp3) is 0.0769. The van der Waals surface area contributed by atoms with Crippen LogP contribution in [0.1, 0.15) is 5.56 Å². The molecule has 1 nitrogen and oxygen atoms in total. The first-order valence-corrected chi connectivity index (χ1v) is 6.83. The fourth-order valence-corrected chi connectivity index (χ4v) is 2.84. The summed E-state index contributed by atoms with van der Waals surface area (Å²) in [6, 6.07) is 9.82. The van der Waals surface area contributed by atoms with Crippen LogP contribution in [0.25, 0.3) is 0 Å². The highest BCUT2D eigenvalue weighted by Crippen LogP contribution is 2.36. The molecule has 0 aliphatic heterocycles. The zero-order valence-electron chi connectivity index (χ0n) is 9.29. The van der Waals surface area contributed by atoms with Gasteiger partial charge in [0.05, 0.1) is 4.90 Å². The standard InChI is InChI=1S/C13H10BrF2NS/c14-9-3-1-2-4-12(9)18-13-10(15)5-8(7-17)6-11(13)16/h1-6H,7,17H2. The van der Waals surface area contributed by atoms with E-state index < -0.39 is 11.6 Å². The highest BCUT2D eigenvalue weighted by molar-refractivity contribution is 9.10. The van der Waals surface area contributed by atoms with Gasteiger partial charge in [-0.15, -0.1) is 0 Å². The molecule has 0 amide bonds. The predicted octanol–water partition coefficient (Wildman–Crippen LogP) is 4.34. The molecule has 0 saturated heterocycles. The molecular formula is C13H10BrF2NS. The van der Waals surface area contributed by atoms with Gasteiger partial charge >= 0.3 is 0 Å². The number of benzene rings is 2. The van der Waals surface area contributed by atoms with Crippen LogP contribution in [0.2, 0.25) is 0 Å². The molecule has 0 bridgehead atoms. The molecule has 2 N–H and O–H groups in total. The van der Waals surface area contributed by atoms with Gasteiger partial charge in [0, 0.05) is 15.9 Å². The molecule has 0 spiro atoms. The number of rotatable bonds is 3. The Morgan fingerprint density at radius 2 is 1.72 bits per heavy atom. The molecule has 5 heteroatoms. The van der Waals surface area contributed by atoms with Crippen LogP contribution < -0.4 is 5.73 Å². The van der Waals surface area contributed by atoms with Gasteiger partial charge in [0.15, 0.2) is 0 Å². The summed E-state index contributed by atoms with van der Waals surface area (Å²) >= 11 is 4.39. The van der Waals surface area contributed by atoms with Gasteiger partial charge in [0.2, 0.25) is 0 Å². The molecule has 0 saturated carbocycles. The summed E-state index contributed by atoms with van der Waals surface area (Å²) in [5.41, 5.74) is 5.81. The quantitative estimate of drug-likeness (QED) is 0.906. The first-order valence-electron chi connectivity index (χ1n) is 5.22. The summed E-state index contributed by atoms with van der Waals surface area (Å²) in [6.45, 7) is 0.119. The maximum Gasteiger partial charge on any atom is 0.140 e. The lowest BCUT2D eigenvalue weighted by atomic mass is 10.2. The molecule has 2 rings (SSSR count). The van der Waals surface area contributed by atoms with Crippen LogP contribution in [0.15, 0.2) is 50.7 Å². The maximum absolute atomic E-state index is 13.8. The van der Waals surface area contributed by atoms with E-state index in [4.69, 9.17) is 5.73 Å². The van der Waals surface area contributed by atoms with E-state index in [1.54, 1.807) is 6.07 Å². The third kappa shape index (κ3) is 2.91. The molecule has 0 heterocycles. The minimum absolute atomic E-state index is 0.0147. The van der Waals surface area contributed by atoms with E-state index in [9.17, 15) is 8.78 Å². The van der Waals surface area contributed by atoms with Gasteiger partial charge in [-0.05, 0) is 45.8 Å². The van der Waals surface area contributed by atoms with E-state index in [1.807, 2.05) is 18.2 Å². The molecule has 0 aromatic heterocycles. The molecule has 0 atom stereocenters. The molecule has 0 fully saturated rings. The maximum atomic E-state index is 13.8. The van der Waals surface area contributed by atoms with Crippen molar-refractivity contribution >= 4 is 27.7 Å². The van der Waals surface area contributed by atoms with E-state index >= 15 is 0 Å². The summed E-state index contributed by atoms with van der Waals surface area (Å²) < 4.78 is 28.4. The van der Waals surface area contributed by atoms with E-state index in [0.29, 0.717) is 5.56 Å². The number of hydrogen-bond donors (Lipinski definition) is 1. The SMILES string of the molecule is NCc1cc(F)c(Sc2ccccc2Br)c(F)c1. The molecule has 94 valence electrons. The Labute approximate surface area is 117 Å². The fourth-order valence-electron chi connectivity index (χ4n) is 1.47. The molecule has 0 radical (unpaired) electrons. The van der Waals surface area contributed by atoms with Crippen molar-refractivity contribution in [3.05, 3.63) is 58.1 Å². The lowest BCUT2D eigenvalue weighted by Gasteiger charge is -2.08. The largest absolute Gasteiger partial charge is 0.326 e. The second kappa shape index (κ2) is 5.82. The molecule has 0 aliphatic rings. The van der Waals surface area contributed by atoms with Crippen LogP contribution in [0, 0.1) is 11.6 Å². The van der Waals surface area contributed by atoms with Gasteiger partial charge < -0.3 is 5.73 Å². The van der Waals surface area contributed by atoms with Crippen molar-refractivity contribution in [2.75, 3.05) is 0 Å². The van der Waals surface area contributed by atoms with Crippen molar-refractivity contribution in [2.45, 2.75) is 16.3 Å². The van der Waals surface area contributed by atoms with Gasteiger partial charge in [-0.3, -0.25) is 0 Å². The summed E-state index contributed by atoms with van der Waals surface area (Å²) in [7, 11) is 0. The Kier molecular flexibility index (Phi) is 4.37. The van der Waals surface area contributed by atoms with Gasteiger partial charge in [0.25, 0.3) is 0 Å². The lowest BCUT2D eigenvalue weighted by Crippen LogP contribution is -1.99. The van der Waals surface area contributed by atoms with Gasteiger partial charge in [-0.25, -0.2) is 8.78 Å². The minimum atomic E-state index is -0.587. The monoisotopic (exact) mass is 329 g/mol. The average Bonchev–Trinajstić information content (AvgIpc) is 2.35. The zero-order valence-corrected chi connectivity index (χ0v) is 11.7. The van der Waals surface area contributed by atoms with E-state index in [0.717, 1.165) is 21.1 Å². The highest BCUT2D eigenvalue weighted by Gasteiger charge is 2.13. The summed E-state index contributed by atoms with van der Waals surface area (Å²) in [5.74, 6) is -1.17. The van der Waals surface area contributed by atoms with Crippen LogP contribution in [-0.4, -0.2) is 0 Å². The molecule has 0 unspecified atom stereocenters. The number of hydrogen-bond acceptors (Lipinski definition) is 2. The number of nitrogens with two attached hydrogens (primary N) is 1. The molecule has 0 aliphatic carbocycles. The van der Waals surface area contributed by atoms with Crippen molar-refractivity contribution in [3.63, 3.8) is 0 Å². The van der Waals surface area contributed by atoms with Crippen LogP contribution in [0.5, 0.6) is 0 Å². The molecule has 2 aromatic rings. The Morgan fingerprint density at radius 3 is 2.28 bits per heavy atom. The van der Waals surface area contributed by atoms with Gasteiger partial charge in [-0.1, -0.05) is 23.9 Å². The van der Waals surface area contributed by atoms with E-state index in [2.05, 4.69) is 15.9 Å². The van der Waals surface area contributed by atoms with Crippen molar-refractivity contribution in [1.29, 1.82) is 0 Å². The average molecular weight is 330 g/mol. The second-order valence-corrected chi connectivity index (χ2v) is 5.53. The van der Waals surface area contributed by atoms with Crippen LogP contribution in [0.4, 0.5) is 8.78 Å². The predicted molar refractivity (Wildman–Crippen MR) is 72.5 cm³/mol. The summed E-state index contributed by atoms with van der Waals surface area (Å²) in [5, 5.41) is 0. The first kappa shape index (κ1) is 13.5. The van der Waals surface area contributed by atoms with Crippen molar-refractivity contribution < 1.29 is 8.78 Å². The highest BCUT2D eigenvalue weighted by atomic mass is 79.9. The van der Waals surface area contributed by atoms with Crippen LogP contribution in [-0.2, 0) is 6.54 Å². The first-order chi connectivity index (χ1) is 8.61. The zero-order chi connectivity index (χ0) is 13.1. The van der Waals surface area contributed by atoms with Gasteiger partial charge in [-0.2, -0.15) is 0 Å².